The van der Waals surface area contributed by atoms with E-state index >= 15 is 0 Å². The molecule has 24 heteroatoms. The lowest BCUT2D eigenvalue weighted by Gasteiger charge is -2.38. The minimum atomic E-state index is -0.798. The number of ether oxygens (including phenoxy) is 1. The minimum Gasteiger partial charge on any atom is -0.494 e. The molecule has 0 spiro atoms. The number of benzene rings is 2. The molecule has 11 rings (SSSR count). The summed E-state index contributed by atoms with van der Waals surface area (Å²) in [6.45, 7) is 12.6. The predicted molar refractivity (Wildman–Crippen MR) is 287 cm³/mol. The van der Waals surface area contributed by atoms with E-state index in [2.05, 4.69) is 66.7 Å². The van der Waals surface area contributed by atoms with Crippen molar-refractivity contribution in [2.24, 2.45) is 21.6 Å². The number of fused-ring (bicyclic) bond motifs is 2. The number of amides is 2. The predicted octanol–water partition coefficient (Wildman–Crippen LogP) is 3.71. The number of hydrogen-bond donors (Lipinski definition) is 4. The molecule has 76 heavy (non-hydrogen) atoms. The molecule has 5 aromatic heterocycles. The molecule has 4 aliphatic heterocycles. The Labute approximate surface area is 436 Å². The van der Waals surface area contributed by atoms with Crippen molar-refractivity contribution in [2.75, 3.05) is 100 Å². The monoisotopic (exact) mass is 1030 g/mol. The number of nitrogens with one attached hydrogen (secondary N) is 2. The van der Waals surface area contributed by atoms with Gasteiger partial charge in [0.25, 0.3) is 23.4 Å². The molecule has 0 unspecified atom stereocenters. The first-order chi connectivity index (χ1) is 37.0. The Balaban J connectivity index is 0.000000180. The number of aryl methyl sites for hydroxylation is 1. The van der Waals surface area contributed by atoms with Gasteiger partial charge in [0.1, 0.15) is 17.9 Å². The van der Waals surface area contributed by atoms with Crippen LogP contribution in [0.1, 0.15) is 40.4 Å². The third-order valence-corrected chi connectivity index (χ3v) is 13.2. The molecule has 4 aliphatic rings. The maximum absolute atomic E-state index is 14.7. The topological polar surface area (TPSA) is 265 Å². The third-order valence-electron chi connectivity index (χ3n) is 13.2. The van der Waals surface area contributed by atoms with Crippen LogP contribution in [0.25, 0.3) is 27.6 Å². The smallest absolute Gasteiger partial charge is 0.295 e. The minimum absolute atomic E-state index is 0.0447. The number of Topliss-reactive ketones (excluding diaryl/α,β-unsaturated/α-hetero) is 2. The van der Waals surface area contributed by atoms with Crippen molar-refractivity contribution in [3.05, 3.63) is 127 Å². The van der Waals surface area contributed by atoms with Crippen LogP contribution < -0.4 is 31.1 Å². The lowest BCUT2D eigenvalue weighted by atomic mass is 10.1. The number of H-pyrrole nitrogens is 2. The summed E-state index contributed by atoms with van der Waals surface area (Å²) in [7, 11) is 1.50. The molecule has 0 saturated carbocycles. The summed E-state index contributed by atoms with van der Waals surface area (Å²) in [6, 6.07) is 20.2. The van der Waals surface area contributed by atoms with E-state index in [0.717, 1.165) is 54.1 Å². The van der Waals surface area contributed by atoms with E-state index in [1.807, 2.05) is 62.4 Å². The number of carbonyl (C=O) groups is 4. The molecule has 2 saturated heterocycles. The molecule has 7 aromatic rings. The standard InChI is InChI=1S/C26H27N9O3.C24H26FN9O2.C2H6/c1-17-30-16-35(31-17)24-22-21(20(38-2)15-29-24)19(14-28-22)23(36)25(37)32-10-12-33(13-11-32)26-27-8-9-34(26)18-6-4-3-5-7-18;25-18-15-30-22(34(27)8-6-26)20-19(18)17(14-29-20)21(35)23(36)31-10-12-32(13-11-31)24-28-7-9-33(24)16-4-2-1-3-5-16;1-2/h3-7,14-16,28H,8-13H2,1-2H3;1-6,8,14-15,29H,7,9-13,26-27H2;1-2H3/b;8-6-;. The van der Waals surface area contributed by atoms with Gasteiger partial charge in [-0.05, 0) is 31.2 Å². The Morgan fingerprint density at radius 1 is 0.684 bits per heavy atom. The third kappa shape index (κ3) is 10.2. The van der Waals surface area contributed by atoms with Crippen molar-refractivity contribution in [3.63, 3.8) is 0 Å². The fourth-order valence-electron chi connectivity index (χ4n) is 9.55. The van der Waals surface area contributed by atoms with Crippen molar-refractivity contribution in [2.45, 2.75) is 20.8 Å². The van der Waals surface area contributed by atoms with Gasteiger partial charge in [-0.1, -0.05) is 50.2 Å². The number of methoxy groups -OCH3 is 1. The molecule has 23 nitrogen and oxygen atoms in total. The van der Waals surface area contributed by atoms with Crippen molar-refractivity contribution < 1.29 is 28.3 Å². The first kappa shape index (κ1) is 51.7. The number of aromatic amines is 2. The maximum atomic E-state index is 14.7. The second-order valence-electron chi connectivity index (χ2n) is 17.5. The number of pyridine rings is 2. The molecule has 0 radical (unpaired) electrons. The highest BCUT2D eigenvalue weighted by Crippen LogP contribution is 2.33. The van der Waals surface area contributed by atoms with E-state index in [4.69, 9.17) is 21.3 Å². The van der Waals surface area contributed by atoms with Crippen LogP contribution in [-0.2, 0) is 9.59 Å². The summed E-state index contributed by atoms with van der Waals surface area (Å²) in [6.07, 6.45) is 9.39. The highest BCUT2D eigenvalue weighted by atomic mass is 19.1. The Morgan fingerprint density at radius 2 is 1.20 bits per heavy atom. The zero-order valence-corrected chi connectivity index (χ0v) is 42.6. The molecule has 6 N–H and O–H groups in total. The normalized spacial score (nSPS) is 15.6. The molecular formula is C52H59FN18O5. The van der Waals surface area contributed by atoms with E-state index in [1.54, 1.807) is 18.2 Å². The van der Waals surface area contributed by atoms with Crippen molar-refractivity contribution in [1.82, 2.24) is 54.3 Å². The lowest BCUT2D eigenvalue weighted by Crippen LogP contribution is -2.54. The van der Waals surface area contributed by atoms with Crippen LogP contribution in [0.2, 0.25) is 0 Å². The van der Waals surface area contributed by atoms with Crippen LogP contribution in [-0.4, -0.2) is 175 Å². The van der Waals surface area contributed by atoms with Gasteiger partial charge in [-0.2, -0.15) is 5.10 Å². The van der Waals surface area contributed by atoms with E-state index in [-0.39, 0.29) is 27.8 Å². The fourth-order valence-corrected chi connectivity index (χ4v) is 9.55. The molecule has 2 fully saturated rings. The van der Waals surface area contributed by atoms with Crippen LogP contribution in [0, 0.1) is 12.7 Å². The first-order valence-corrected chi connectivity index (χ1v) is 25.0. The van der Waals surface area contributed by atoms with Gasteiger partial charge in [-0.25, -0.2) is 29.9 Å². The summed E-state index contributed by atoms with van der Waals surface area (Å²) in [5.74, 6) is 5.90. The summed E-state index contributed by atoms with van der Waals surface area (Å²) < 4.78 is 21.7. The molecule has 9 heterocycles. The van der Waals surface area contributed by atoms with Crippen molar-refractivity contribution >= 4 is 74.3 Å². The summed E-state index contributed by atoms with van der Waals surface area (Å²) in [5.41, 5.74) is 8.43. The first-order valence-electron chi connectivity index (χ1n) is 25.0. The van der Waals surface area contributed by atoms with Crippen LogP contribution in [0.3, 0.4) is 0 Å². The quantitative estimate of drug-likeness (QED) is 0.0659. The van der Waals surface area contributed by atoms with E-state index in [1.165, 1.54) is 47.7 Å². The van der Waals surface area contributed by atoms with Gasteiger partial charge in [0.15, 0.2) is 17.5 Å². The summed E-state index contributed by atoms with van der Waals surface area (Å²) in [5, 5.41) is 5.86. The number of para-hydroxylation sites is 2. The van der Waals surface area contributed by atoms with E-state index in [0.29, 0.717) is 87.2 Å². The molecule has 2 aromatic carbocycles. The lowest BCUT2D eigenvalue weighted by molar-refractivity contribution is -0.128. The van der Waals surface area contributed by atoms with Gasteiger partial charge in [-0.15, -0.1) is 0 Å². The number of guanidine groups is 2. The average Bonchev–Trinajstić information content (AvgIpc) is 4.37. The average molecular weight is 1040 g/mol. The summed E-state index contributed by atoms with van der Waals surface area (Å²) >= 11 is 0. The number of nitrogens with zero attached hydrogens (tertiary/aromatic N) is 14. The fraction of sp³-hybridized carbons (Fsp3) is 0.308. The number of aliphatic imine (C=N–C) groups is 2. The number of hydrazine groups is 1. The Hall–Kier alpha value is -9.19. The van der Waals surface area contributed by atoms with E-state index < -0.39 is 29.2 Å². The zero-order valence-electron chi connectivity index (χ0n) is 42.6. The molecule has 394 valence electrons. The van der Waals surface area contributed by atoms with Crippen molar-refractivity contribution in [1.29, 1.82) is 0 Å². The van der Waals surface area contributed by atoms with Crippen LogP contribution in [0.15, 0.2) is 114 Å². The van der Waals surface area contributed by atoms with E-state index in [9.17, 15) is 23.6 Å². The van der Waals surface area contributed by atoms with Crippen LogP contribution >= 0.6 is 0 Å². The molecule has 0 bridgehead atoms. The van der Waals surface area contributed by atoms with Gasteiger partial charge in [0.05, 0.1) is 65.5 Å². The maximum Gasteiger partial charge on any atom is 0.295 e. The Kier molecular flexibility index (Phi) is 15.6. The molecular weight excluding hydrogens is 976 g/mol. The highest BCUT2D eigenvalue weighted by Gasteiger charge is 2.35. The SMILES string of the molecule is CC.COc1cnc(-n2cnc(C)n2)c2[nH]cc(C(=O)C(=O)N3CCN(C4=NCCN4c4ccccc4)CC3)c12.N/C=C\N(N)c1ncc(F)c2c(C(=O)C(=O)N3CCN(C4=NCCN4c4ccccc4)CC3)c[nH]c12. The molecule has 0 aliphatic carbocycles. The number of piperazine rings is 2. The van der Waals surface area contributed by atoms with Gasteiger partial charge in [0.2, 0.25) is 11.9 Å². The van der Waals surface area contributed by atoms with Gasteiger partial charge >= 0.3 is 0 Å². The number of hydrogen-bond acceptors (Lipinski definition) is 18. The Morgan fingerprint density at radius 3 is 1.68 bits per heavy atom. The highest BCUT2D eigenvalue weighted by molar-refractivity contribution is 6.45. The van der Waals surface area contributed by atoms with Crippen molar-refractivity contribution in [3.8, 4) is 11.6 Å². The number of halogens is 1. The molecule has 0 atom stereocenters. The zero-order chi connectivity index (χ0) is 53.5. The van der Waals surface area contributed by atoms with Gasteiger partial charge < -0.3 is 49.8 Å². The number of nitrogens with two attached hydrogens (primary N) is 2. The van der Waals surface area contributed by atoms with Gasteiger partial charge in [-0.3, -0.25) is 34.2 Å². The number of carbonyl (C=O) groups excluding carboxylic acids is 4. The largest absolute Gasteiger partial charge is 0.494 e. The number of aromatic nitrogens is 7. The number of rotatable bonds is 10. The second-order valence-corrected chi connectivity index (χ2v) is 17.5. The van der Waals surface area contributed by atoms with Gasteiger partial charge in [0, 0.05) is 102 Å². The van der Waals surface area contributed by atoms with Crippen LogP contribution in [0.4, 0.5) is 21.6 Å². The Bertz CT molecular complexity index is 3320. The van der Waals surface area contributed by atoms with Crippen LogP contribution in [0.5, 0.6) is 5.75 Å². The number of anilines is 3. The summed E-state index contributed by atoms with van der Waals surface area (Å²) in [4.78, 5) is 92.6. The second kappa shape index (κ2) is 22.9. The molecule has 2 amide bonds. The number of ketones is 2.